The molecule has 2 rings (SSSR count). The van der Waals surface area contributed by atoms with E-state index in [1.165, 1.54) is 5.56 Å². The SMILES string of the molecule is Cn1ncc(C(=O)NC(C)(C)CCc2ccccc2)c1Br. The normalized spacial score (nSPS) is 11.4. The predicted molar refractivity (Wildman–Crippen MR) is 87.2 cm³/mol. The summed E-state index contributed by atoms with van der Waals surface area (Å²) in [4.78, 5) is 12.3. The molecule has 1 aromatic carbocycles. The van der Waals surface area contributed by atoms with Gasteiger partial charge in [0.2, 0.25) is 0 Å². The van der Waals surface area contributed by atoms with Crippen LogP contribution >= 0.6 is 15.9 Å². The average molecular weight is 350 g/mol. The Morgan fingerprint density at radius 3 is 2.57 bits per heavy atom. The summed E-state index contributed by atoms with van der Waals surface area (Å²) in [6.07, 6.45) is 3.38. The van der Waals surface area contributed by atoms with Crippen molar-refractivity contribution < 1.29 is 4.79 Å². The Bertz CT molecular complexity index is 620. The van der Waals surface area contributed by atoms with Gasteiger partial charge in [-0.2, -0.15) is 5.10 Å². The number of nitrogens with one attached hydrogen (secondary N) is 1. The van der Waals surface area contributed by atoms with Crippen LogP contribution in [0, 0.1) is 0 Å². The molecular weight excluding hydrogens is 330 g/mol. The Balaban J connectivity index is 1.97. The van der Waals surface area contributed by atoms with Crippen molar-refractivity contribution in [3.8, 4) is 0 Å². The molecule has 1 N–H and O–H groups in total. The number of aromatic nitrogens is 2. The van der Waals surface area contributed by atoms with Crippen LogP contribution in [0.15, 0.2) is 41.1 Å². The van der Waals surface area contributed by atoms with Gasteiger partial charge in [0.25, 0.3) is 5.91 Å². The summed E-state index contributed by atoms with van der Waals surface area (Å²) in [6.45, 7) is 4.08. The number of amides is 1. The molecule has 2 aromatic rings. The minimum absolute atomic E-state index is 0.104. The van der Waals surface area contributed by atoms with E-state index in [0.717, 1.165) is 12.8 Å². The summed E-state index contributed by atoms with van der Waals surface area (Å²) in [7, 11) is 1.79. The molecule has 0 atom stereocenters. The first kappa shape index (κ1) is 15.8. The van der Waals surface area contributed by atoms with Gasteiger partial charge in [0.05, 0.1) is 11.8 Å². The van der Waals surface area contributed by atoms with Crippen LogP contribution in [0.1, 0.15) is 36.2 Å². The van der Waals surface area contributed by atoms with Crippen molar-refractivity contribution >= 4 is 21.8 Å². The first-order valence-corrected chi connectivity index (χ1v) is 7.72. The molecule has 0 aliphatic heterocycles. The molecule has 0 bridgehead atoms. The maximum Gasteiger partial charge on any atom is 0.256 e. The lowest BCUT2D eigenvalue weighted by atomic mass is 9.95. The number of carbonyl (C=O) groups is 1. The molecule has 0 saturated carbocycles. The number of hydrogen-bond acceptors (Lipinski definition) is 2. The molecule has 0 fully saturated rings. The van der Waals surface area contributed by atoms with E-state index in [0.29, 0.717) is 10.2 Å². The van der Waals surface area contributed by atoms with Gasteiger partial charge in [0.15, 0.2) is 0 Å². The molecule has 0 radical (unpaired) electrons. The number of rotatable bonds is 5. The van der Waals surface area contributed by atoms with Gasteiger partial charge in [0.1, 0.15) is 4.60 Å². The summed E-state index contributed by atoms with van der Waals surface area (Å²) in [5, 5.41) is 7.14. The van der Waals surface area contributed by atoms with Crippen LogP contribution in [0.2, 0.25) is 0 Å². The van der Waals surface area contributed by atoms with Crippen molar-refractivity contribution in [3.63, 3.8) is 0 Å². The van der Waals surface area contributed by atoms with Gasteiger partial charge in [0, 0.05) is 12.6 Å². The van der Waals surface area contributed by atoms with Gasteiger partial charge in [-0.25, -0.2) is 0 Å². The highest BCUT2D eigenvalue weighted by Gasteiger charge is 2.23. The molecule has 21 heavy (non-hydrogen) atoms. The summed E-state index contributed by atoms with van der Waals surface area (Å²) in [5.74, 6) is -0.104. The predicted octanol–water partition coefficient (Wildman–Crippen LogP) is 3.32. The second kappa shape index (κ2) is 6.43. The maximum atomic E-state index is 12.3. The van der Waals surface area contributed by atoms with Crippen LogP contribution < -0.4 is 5.32 Å². The number of nitrogens with zero attached hydrogens (tertiary/aromatic N) is 2. The van der Waals surface area contributed by atoms with E-state index in [4.69, 9.17) is 0 Å². The second-order valence-electron chi connectivity index (χ2n) is 5.80. The third-order valence-electron chi connectivity index (χ3n) is 3.44. The summed E-state index contributed by atoms with van der Waals surface area (Å²) in [6, 6.07) is 10.3. The Morgan fingerprint density at radius 1 is 1.33 bits per heavy atom. The zero-order valence-corrected chi connectivity index (χ0v) is 14.1. The molecule has 1 heterocycles. The summed E-state index contributed by atoms with van der Waals surface area (Å²) < 4.78 is 2.32. The summed E-state index contributed by atoms with van der Waals surface area (Å²) in [5.41, 5.74) is 1.56. The van der Waals surface area contributed by atoms with Gasteiger partial charge < -0.3 is 5.32 Å². The lowest BCUT2D eigenvalue weighted by Gasteiger charge is -2.26. The molecule has 0 spiro atoms. The lowest BCUT2D eigenvalue weighted by molar-refractivity contribution is 0.0908. The van der Waals surface area contributed by atoms with Crippen LogP contribution in [-0.2, 0) is 13.5 Å². The zero-order chi connectivity index (χ0) is 15.5. The highest BCUT2D eigenvalue weighted by molar-refractivity contribution is 9.10. The van der Waals surface area contributed by atoms with Gasteiger partial charge in [-0.3, -0.25) is 9.48 Å². The van der Waals surface area contributed by atoms with Gasteiger partial charge >= 0.3 is 0 Å². The number of benzene rings is 1. The smallest absolute Gasteiger partial charge is 0.256 e. The molecule has 1 aromatic heterocycles. The standard InChI is InChI=1S/C16H20BrN3O/c1-16(2,10-9-12-7-5-4-6-8-12)19-15(21)13-11-18-20(3)14(13)17/h4-8,11H,9-10H2,1-3H3,(H,19,21). The fourth-order valence-corrected chi connectivity index (χ4v) is 2.49. The second-order valence-corrected chi connectivity index (χ2v) is 6.55. The molecule has 0 aliphatic rings. The van der Waals surface area contributed by atoms with E-state index >= 15 is 0 Å². The van der Waals surface area contributed by atoms with Gasteiger partial charge in [-0.1, -0.05) is 30.3 Å². The van der Waals surface area contributed by atoms with Crippen LogP contribution in [0.3, 0.4) is 0 Å². The molecule has 0 unspecified atom stereocenters. The van der Waals surface area contributed by atoms with Gasteiger partial charge in [-0.15, -0.1) is 0 Å². The largest absolute Gasteiger partial charge is 0.347 e. The Morgan fingerprint density at radius 2 is 2.00 bits per heavy atom. The van der Waals surface area contributed by atoms with E-state index in [2.05, 4.69) is 38.5 Å². The van der Waals surface area contributed by atoms with E-state index in [9.17, 15) is 4.79 Å². The van der Waals surface area contributed by atoms with Crippen molar-refractivity contribution in [2.24, 2.45) is 7.05 Å². The maximum absolute atomic E-state index is 12.3. The average Bonchev–Trinajstić information content (AvgIpc) is 2.78. The number of halogens is 1. The van der Waals surface area contributed by atoms with Crippen LogP contribution in [-0.4, -0.2) is 21.2 Å². The minimum atomic E-state index is -0.276. The quantitative estimate of drug-likeness (QED) is 0.899. The van der Waals surface area contributed by atoms with Crippen LogP contribution in [0.4, 0.5) is 0 Å². The minimum Gasteiger partial charge on any atom is -0.347 e. The third-order valence-corrected chi connectivity index (χ3v) is 4.38. The van der Waals surface area contributed by atoms with Crippen molar-refractivity contribution in [3.05, 3.63) is 52.3 Å². The lowest BCUT2D eigenvalue weighted by Crippen LogP contribution is -2.43. The van der Waals surface area contributed by atoms with E-state index in [1.54, 1.807) is 17.9 Å². The fraction of sp³-hybridized carbons (Fsp3) is 0.375. The van der Waals surface area contributed by atoms with E-state index in [-0.39, 0.29) is 11.4 Å². The zero-order valence-electron chi connectivity index (χ0n) is 12.6. The van der Waals surface area contributed by atoms with Crippen molar-refractivity contribution in [1.29, 1.82) is 0 Å². The number of hydrogen-bond donors (Lipinski definition) is 1. The molecule has 4 nitrogen and oxygen atoms in total. The summed E-state index contributed by atoms with van der Waals surface area (Å²) >= 11 is 3.37. The van der Waals surface area contributed by atoms with E-state index in [1.807, 2.05) is 32.0 Å². The highest BCUT2D eigenvalue weighted by atomic mass is 79.9. The molecule has 112 valence electrons. The third kappa shape index (κ3) is 4.17. The molecule has 0 saturated heterocycles. The number of carbonyl (C=O) groups excluding carboxylic acids is 1. The highest BCUT2D eigenvalue weighted by Crippen LogP contribution is 2.18. The van der Waals surface area contributed by atoms with Crippen molar-refractivity contribution in [2.45, 2.75) is 32.2 Å². The monoisotopic (exact) mass is 349 g/mol. The molecule has 0 aliphatic carbocycles. The first-order chi connectivity index (χ1) is 9.89. The Labute approximate surface area is 133 Å². The van der Waals surface area contributed by atoms with Gasteiger partial charge in [-0.05, 0) is 48.2 Å². The van der Waals surface area contributed by atoms with Crippen molar-refractivity contribution in [2.75, 3.05) is 0 Å². The molecule has 1 amide bonds. The van der Waals surface area contributed by atoms with E-state index < -0.39 is 0 Å². The molecule has 5 heteroatoms. The van der Waals surface area contributed by atoms with Crippen molar-refractivity contribution in [1.82, 2.24) is 15.1 Å². The fourth-order valence-electron chi connectivity index (χ4n) is 2.11. The Hall–Kier alpha value is -1.62. The Kier molecular flexibility index (Phi) is 4.83. The van der Waals surface area contributed by atoms with Crippen LogP contribution in [0.5, 0.6) is 0 Å². The first-order valence-electron chi connectivity index (χ1n) is 6.93. The number of aryl methyl sites for hydroxylation is 2. The topological polar surface area (TPSA) is 46.9 Å². The molecular formula is C16H20BrN3O. The van der Waals surface area contributed by atoms with Crippen LogP contribution in [0.25, 0.3) is 0 Å².